The summed E-state index contributed by atoms with van der Waals surface area (Å²) in [5.74, 6) is -1.05. The van der Waals surface area contributed by atoms with Crippen LogP contribution in [0.4, 0.5) is 0 Å². The summed E-state index contributed by atoms with van der Waals surface area (Å²) < 4.78 is 1.64. The zero-order valence-corrected chi connectivity index (χ0v) is 12.2. The van der Waals surface area contributed by atoms with Crippen molar-refractivity contribution >= 4 is 22.8 Å². The Morgan fingerprint density at radius 2 is 2.05 bits per heavy atom. The van der Waals surface area contributed by atoms with Crippen molar-refractivity contribution in [3.8, 4) is 0 Å². The monoisotopic (exact) mass is 289 g/mol. The van der Waals surface area contributed by atoms with Gasteiger partial charge in [-0.15, -0.1) is 0 Å². The first-order valence-corrected chi connectivity index (χ1v) is 6.81. The molecular weight excluding hydrogens is 270 g/mol. The van der Waals surface area contributed by atoms with Gasteiger partial charge in [0, 0.05) is 17.3 Å². The largest absolute Gasteiger partial charge is 0.481 e. The number of nitrogens with zero attached hydrogens (tertiary/aromatic N) is 2. The maximum atomic E-state index is 12.1. The van der Waals surface area contributed by atoms with Crippen LogP contribution in [-0.2, 0) is 16.1 Å². The predicted octanol–water partition coefficient (Wildman–Crippen LogP) is 1.80. The van der Waals surface area contributed by atoms with Crippen molar-refractivity contribution in [1.29, 1.82) is 0 Å². The second-order valence-electron chi connectivity index (χ2n) is 5.69. The molecule has 0 radical (unpaired) electrons. The summed E-state index contributed by atoms with van der Waals surface area (Å²) in [7, 11) is 0. The molecule has 6 heteroatoms. The van der Waals surface area contributed by atoms with Crippen LogP contribution in [0.3, 0.4) is 0 Å². The lowest BCUT2D eigenvalue weighted by Gasteiger charge is -2.25. The minimum Gasteiger partial charge on any atom is -0.481 e. The summed E-state index contributed by atoms with van der Waals surface area (Å²) in [5.41, 5.74) is 0.342. The number of amides is 1. The summed E-state index contributed by atoms with van der Waals surface area (Å²) in [5, 5.41) is 16.7. The van der Waals surface area contributed by atoms with Crippen molar-refractivity contribution in [1.82, 2.24) is 15.1 Å². The molecule has 0 saturated carbocycles. The Morgan fingerprint density at radius 1 is 1.33 bits per heavy atom. The van der Waals surface area contributed by atoms with Crippen LogP contribution in [-0.4, -0.2) is 32.3 Å². The van der Waals surface area contributed by atoms with Gasteiger partial charge in [-0.2, -0.15) is 5.10 Å². The lowest BCUT2D eigenvalue weighted by molar-refractivity contribution is -0.137. The van der Waals surface area contributed by atoms with Crippen molar-refractivity contribution in [2.24, 2.45) is 0 Å². The highest BCUT2D eigenvalue weighted by Crippen LogP contribution is 2.14. The molecule has 1 aromatic heterocycles. The number of carboxylic acid groups (broad SMARTS) is 1. The normalized spacial score (nSPS) is 11.5. The van der Waals surface area contributed by atoms with E-state index in [1.54, 1.807) is 10.9 Å². The number of hydrogen-bond donors (Lipinski definition) is 2. The molecule has 0 unspecified atom stereocenters. The van der Waals surface area contributed by atoms with Crippen molar-refractivity contribution in [3.63, 3.8) is 0 Å². The summed E-state index contributed by atoms with van der Waals surface area (Å²) in [6, 6.07) is 7.66. The van der Waals surface area contributed by atoms with Gasteiger partial charge in [0.15, 0.2) is 0 Å². The van der Waals surface area contributed by atoms with Crippen LogP contribution in [0.15, 0.2) is 30.5 Å². The quantitative estimate of drug-likeness (QED) is 0.849. The van der Waals surface area contributed by atoms with E-state index < -0.39 is 11.5 Å². The van der Waals surface area contributed by atoms with E-state index in [1.165, 1.54) is 0 Å². The SMILES string of the molecule is CC(C)(CCC(=O)O)NC(=O)Cn1ncc2ccccc21. The van der Waals surface area contributed by atoms with Crippen LogP contribution >= 0.6 is 0 Å². The number of carboxylic acids is 1. The fourth-order valence-electron chi connectivity index (χ4n) is 2.19. The maximum absolute atomic E-state index is 12.1. The molecule has 1 aromatic carbocycles. The van der Waals surface area contributed by atoms with Crippen molar-refractivity contribution in [3.05, 3.63) is 30.5 Å². The molecule has 0 aliphatic heterocycles. The summed E-state index contributed by atoms with van der Waals surface area (Å²) in [4.78, 5) is 22.7. The molecule has 2 N–H and O–H groups in total. The molecule has 0 bridgehead atoms. The minimum absolute atomic E-state index is 0.0258. The number of rotatable bonds is 6. The number of carbonyl (C=O) groups is 2. The highest BCUT2D eigenvalue weighted by Gasteiger charge is 2.21. The van der Waals surface area contributed by atoms with Crippen LogP contribution in [0.5, 0.6) is 0 Å². The number of para-hydroxylation sites is 1. The van der Waals surface area contributed by atoms with Gasteiger partial charge in [-0.25, -0.2) is 0 Å². The average molecular weight is 289 g/mol. The number of aliphatic carboxylic acids is 1. The van der Waals surface area contributed by atoms with E-state index in [0.717, 1.165) is 10.9 Å². The third-order valence-corrected chi connectivity index (χ3v) is 3.29. The van der Waals surface area contributed by atoms with E-state index in [4.69, 9.17) is 5.11 Å². The number of benzene rings is 1. The van der Waals surface area contributed by atoms with Crippen molar-refractivity contribution in [2.75, 3.05) is 0 Å². The van der Waals surface area contributed by atoms with Crippen LogP contribution in [0.1, 0.15) is 26.7 Å². The van der Waals surface area contributed by atoms with Crippen molar-refractivity contribution < 1.29 is 14.7 Å². The number of fused-ring (bicyclic) bond motifs is 1. The molecule has 0 saturated heterocycles. The van der Waals surface area contributed by atoms with E-state index in [1.807, 2.05) is 38.1 Å². The Labute approximate surface area is 122 Å². The molecule has 1 heterocycles. The Kier molecular flexibility index (Phi) is 4.26. The number of nitrogens with one attached hydrogen (secondary N) is 1. The molecule has 0 aliphatic carbocycles. The van der Waals surface area contributed by atoms with Crippen LogP contribution in [0.25, 0.3) is 10.9 Å². The van der Waals surface area contributed by atoms with Crippen LogP contribution in [0, 0.1) is 0 Å². The maximum Gasteiger partial charge on any atom is 0.303 e. The lowest BCUT2D eigenvalue weighted by Crippen LogP contribution is -2.45. The molecule has 2 aromatic rings. The Bertz CT molecular complexity index is 661. The zero-order valence-electron chi connectivity index (χ0n) is 12.2. The van der Waals surface area contributed by atoms with Gasteiger partial charge in [0.1, 0.15) is 6.54 Å². The molecule has 0 atom stereocenters. The molecule has 0 spiro atoms. The summed E-state index contributed by atoms with van der Waals surface area (Å²) in [6.45, 7) is 3.74. The third-order valence-electron chi connectivity index (χ3n) is 3.29. The van der Waals surface area contributed by atoms with Gasteiger partial charge in [0.25, 0.3) is 0 Å². The average Bonchev–Trinajstić information content (AvgIpc) is 2.79. The second-order valence-corrected chi connectivity index (χ2v) is 5.69. The second kappa shape index (κ2) is 5.95. The van der Waals surface area contributed by atoms with Gasteiger partial charge in [-0.05, 0) is 26.3 Å². The van der Waals surface area contributed by atoms with Gasteiger partial charge in [0.2, 0.25) is 5.91 Å². The zero-order chi connectivity index (χ0) is 15.5. The smallest absolute Gasteiger partial charge is 0.303 e. The number of hydrogen-bond acceptors (Lipinski definition) is 3. The first-order valence-electron chi connectivity index (χ1n) is 6.81. The molecule has 2 rings (SSSR count). The van der Waals surface area contributed by atoms with Gasteiger partial charge in [-0.1, -0.05) is 18.2 Å². The first-order chi connectivity index (χ1) is 9.87. The molecule has 6 nitrogen and oxygen atoms in total. The van der Waals surface area contributed by atoms with Crippen molar-refractivity contribution in [2.45, 2.75) is 38.8 Å². The van der Waals surface area contributed by atoms with E-state index in [0.29, 0.717) is 6.42 Å². The van der Waals surface area contributed by atoms with E-state index in [2.05, 4.69) is 10.4 Å². The Hall–Kier alpha value is -2.37. The van der Waals surface area contributed by atoms with Crippen LogP contribution in [0.2, 0.25) is 0 Å². The van der Waals surface area contributed by atoms with Gasteiger partial charge < -0.3 is 10.4 Å². The van der Waals surface area contributed by atoms with E-state index >= 15 is 0 Å². The minimum atomic E-state index is -0.865. The highest BCUT2D eigenvalue weighted by atomic mass is 16.4. The highest BCUT2D eigenvalue weighted by molar-refractivity contribution is 5.82. The standard InChI is InChI=1S/C15H19N3O3/c1-15(2,8-7-14(20)21)17-13(19)10-18-12-6-4-3-5-11(12)9-16-18/h3-6,9H,7-8,10H2,1-2H3,(H,17,19)(H,20,21). The lowest BCUT2D eigenvalue weighted by atomic mass is 9.98. The topological polar surface area (TPSA) is 84.2 Å². The molecule has 0 fully saturated rings. The first kappa shape index (κ1) is 15.0. The fourth-order valence-corrected chi connectivity index (χ4v) is 2.19. The molecule has 1 amide bonds. The summed E-state index contributed by atoms with van der Waals surface area (Å²) >= 11 is 0. The van der Waals surface area contributed by atoms with Gasteiger partial charge in [-0.3, -0.25) is 14.3 Å². The molecule has 0 aliphatic rings. The van der Waals surface area contributed by atoms with E-state index in [-0.39, 0.29) is 18.9 Å². The Morgan fingerprint density at radius 3 is 2.76 bits per heavy atom. The van der Waals surface area contributed by atoms with Gasteiger partial charge in [0.05, 0.1) is 11.7 Å². The number of aromatic nitrogens is 2. The fraction of sp³-hybridized carbons (Fsp3) is 0.400. The molecule has 112 valence electrons. The Balaban J connectivity index is 2.00. The molecule has 21 heavy (non-hydrogen) atoms. The predicted molar refractivity (Wildman–Crippen MR) is 78.8 cm³/mol. The molecular formula is C15H19N3O3. The van der Waals surface area contributed by atoms with Crippen LogP contribution < -0.4 is 5.32 Å². The van der Waals surface area contributed by atoms with Gasteiger partial charge >= 0.3 is 5.97 Å². The third kappa shape index (κ3) is 4.05. The number of carbonyl (C=O) groups excluding carboxylic acids is 1. The summed E-state index contributed by atoms with van der Waals surface area (Å²) in [6.07, 6.45) is 2.13. The van der Waals surface area contributed by atoms with E-state index in [9.17, 15) is 9.59 Å².